The van der Waals surface area contributed by atoms with Gasteiger partial charge < -0.3 is 5.32 Å². The maximum atomic E-state index is 13.3. The van der Waals surface area contributed by atoms with Gasteiger partial charge >= 0.3 is 0 Å². The van der Waals surface area contributed by atoms with E-state index in [0.717, 1.165) is 17.4 Å². The Balaban J connectivity index is 1.95. The summed E-state index contributed by atoms with van der Waals surface area (Å²) in [6.07, 6.45) is 1.09. The second-order valence-electron chi connectivity index (χ2n) is 6.17. The summed E-state index contributed by atoms with van der Waals surface area (Å²) in [6.45, 7) is 0. The normalized spacial score (nSPS) is 12.4. The van der Waals surface area contributed by atoms with E-state index in [1.54, 1.807) is 18.2 Å². The molecule has 4 nitrogen and oxygen atoms in total. The topological polar surface area (TPSA) is 63.2 Å². The Morgan fingerprint density at radius 1 is 0.889 bits per heavy atom. The highest BCUT2D eigenvalue weighted by Crippen LogP contribution is 2.23. The Morgan fingerprint density at radius 3 is 2.15 bits per heavy atom. The van der Waals surface area contributed by atoms with Crippen LogP contribution in [0.5, 0.6) is 0 Å². The summed E-state index contributed by atoms with van der Waals surface area (Å²) in [6, 6.07) is 20.6. The van der Waals surface area contributed by atoms with Crippen LogP contribution in [0.3, 0.4) is 0 Å². The van der Waals surface area contributed by atoms with Gasteiger partial charge in [-0.2, -0.15) is 0 Å². The average molecular weight is 383 g/mol. The van der Waals surface area contributed by atoms with Gasteiger partial charge in [0.1, 0.15) is 5.82 Å². The number of benzene rings is 3. The highest BCUT2D eigenvalue weighted by atomic mass is 32.2. The quantitative estimate of drug-likeness (QED) is 0.730. The van der Waals surface area contributed by atoms with Gasteiger partial charge in [-0.3, -0.25) is 4.79 Å². The van der Waals surface area contributed by atoms with E-state index in [1.807, 2.05) is 30.3 Å². The van der Waals surface area contributed by atoms with Crippen LogP contribution in [0.25, 0.3) is 0 Å². The summed E-state index contributed by atoms with van der Waals surface area (Å²) in [4.78, 5) is 12.8. The number of halogens is 1. The Morgan fingerprint density at radius 2 is 1.52 bits per heavy atom. The number of nitrogens with one attached hydrogen (secondary N) is 1. The summed E-state index contributed by atoms with van der Waals surface area (Å²) in [5.41, 5.74) is 1.79. The van der Waals surface area contributed by atoms with Gasteiger partial charge in [-0.25, -0.2) is 12.8 Å². The zero-order chi connectivity index (χ0) is 19.4. The van der Waals surface area contributed by atoms with Crippen molar-refractivity contribution in [3.63, 3.8) is 0 Å². The monoisotopic (exact) mass is 383 g/mol. The van der Waals surface area contributed by atoms with E-state index in [0.29, 0.717) is 0 Å². The van der Waals surface area contributed by atoms with Crippen molar-refractivity contribution in [2.24, 2.45) is 0 Å². The molecular formula is C21H18FNO3S. The van der Waals surface area contributed by atoms with E-state index >= 15 is 0 Å². The second-order valence-corrected chi connectivity index (χ2v) is 8.18. The fourth-order valence-corrected chi connectivity index (χ4v) is 3.41. The van der Waals surface area contributed by atoms with E-state index in [-0.39, 0.29) is 16.3 Å². The molecule has 1 amide bonds. The highest BCUT2D eigenvalue weighted by molar-refractivity contribution is 7.90. The first kappa shape index (κ1) is 18.8. The average Bonchev–Trinajstić information content (AvgIpc) is 2.67. The van der Waals surface area contributed by atoms with Crippen molar-refractivity contribution in [2.75, 3.05) is 6.26 Å². The van der Waals surface area contributed by atoms with Crippen molar-refractivity contribution in [3.8, 4) is 0 Å². The lowest BCUT2D eigenvalue weighted by Gasteiger charge is -2.20. The number of amides is 1. The molecule has 0 radical (unpaired) electrons. The largest absolute Gasteiger partial charge is 0.341 e. The van der Waals surface area contributed by atoms with Crippen LogP contribution in [-0.4, -0.2) is 20.6 Å². The van der Waals surface area contributed by atoms with Crippen LogP contribution >= 0.6 is 0 Å². The van der Waals surface area contributed by atoms with Gasteiger partial charge in [0.05, 0.1) is 10.9 Å². The molecule has 6 heteroatoms. The first-order valence-electron chi connectivity index (χ1n) is 8.26. The molecule has 27 heavy (non-hydrogen) atoms. The standard InChI is InChI=1S/C21H18FNO3S/c1-27(25,26)19-9-5-8-17(14-19)21(24)23-20(15-6-3-2-4-7-15)16-10-12-18(22)13-11-16/h2-14,20H,1H3,(H,23,24). The lowest BCUT2D eigenvalue weighted by molar-refractivity contribution is 0.0942. The minimum Gasteiger partial charge on any atom is -0.341 e. The molecule has 1 unspecified atom stereocenters. The van der Waals surface area contributed by atoms with Gasteiger partial charge in [0.25, 0.3) is 5.91 Å². The molecular weight excluding hydrogens is 365 g/mol. The third-order valence-electron chi connectivity index (χ3n) is 4.14. The fraction of sp³-hybridized carbons (Fsp3) is 0.0952. The molecule has 3 aromatic carbocycles. The first-order chi connectivity index (χ1) is 12.8. The summed E-state index contributed by atoms with van der Waals surface area (Å²) in [7, 11) is -3.42. The summed E-state index contributed by atoms with van der Waals surface area (Å²) < 4.78 is 36.8. The molecule has 0 spiro atoms. The van der Waals surface area contributed by atoms with E-state index in [9.17, 15) is 17.6 Å². The molecule has 0 saturated carbocycles. The van der Waals surface area contributed by atoms with Gasteiger partial charge in [0.2, 0.25) is 0 Å². The Kier molecular flexibility index (Phi) is 5.37. The highest BCUT2D eigenvalue weighted by Gasteiger charge is 2.19. The third kappa shape index (κ3) is 4.60. The number of rotatable bonds is 5. The van der Waals surface area contributed by atoms with Crippen LogP contribution in [0.1, 0.15) is 27.5 Å². The van der Waals surface area contributed by atoms with E-state index in [1.165, 1.54) is 30.3 Å². The molecule has 138 valence electrons. The number of sulfone groups is 1. The van der Waals surface area contributed by atoms with Crippen molar-refractivity contribution < 1.29 is 17.6 Å². The third-order valence-corrected chi connectivity index (χ3v) is 5.25. The lowest BCUT2D eigenvalue weighted by atomic mass is 9.98. The minimum atomic E-state index is -3.42. The molecule has 3 rings (SSSR count). The number of carbonyl (C=O) groups is 1. The number of carbonyl (C=O) groups excluding carboxylic acids is 1. The van der Waals surface area contributed by atoms with Gasteiger partial charge in [0, 0.05) is 11.8 Å². The smallest absolute Gasteiger partial charge is 0.252 e. The number of hydrogen-bond acceptors (Lipinski definition) is 3. The number of hydrogen-bond donors (Lipinski definition) is 1. The Bertz CT molecular complexity index is 1050. The van der Waals surface area contributed by atoms with Crippen LogP contribution in [-0.2, 0) is 9.84 Å². The molecule has 0 aliphatic rings. The van der Waals surface area contributed by atoms with Crippen LogP contribution < -0.4 is 5.32 Å². The van der Waals surface area contributed by atoms with Crippen molar-refractivity contribution in [1.82, 2.24) is 5.32 Å². The van der Waals surface area contributed by atoms with Crippen LogP contribution in [0.2, 0.25) is 0 Å². The SMILES string of the molecule is CS(=O)(=O)c1cccc(C(=O)NC(c2ccccc2)c2ccc(F)cc2)c1. The molecule has 0 aromatic heterocycles. The zero-order valence-corrected chi connectivity index (χ0v) is 15.4. The van der Waals surface area contributed by atoms with Gasteiger partial charge in [-0.15, -0.1) is 0 Å². The molecule has 0 aliphatic heterocycles. The van der Waals surface area contributed by atoms with E-state index < -0.39 is 21.8 Å². The molecule has 0 saturated heterocycles. The zero-order valence-electron chi connectivity index (χ0n) is 14.6. The fourth-order valence-electron chi connectivity index (χ4n) is 2.74. The Labute approximate surface area is 157 Å². The molecule has 0 aliphatic carbocycles. The van der Waals surface area contributed by atoms with Crippen molar-refractivity contribution >= 4 is 15.7 Å². The predicted molar refractivity (Wildman–Crippen MR) is 102 cm³/mol. The summed E-state index contributed by atoms with van der Waals surface area (Å²) in [5.74, 6) is -0.781. The maximum Gasteiger partial charge on any atom is 0.252 e. The van der Waals surface area contributed by atoms with Crippen LogP contribution in [0.4, 0.5) is 4.39 Å². The molecule has 0 fully saturated rings. The van der Waals surface area contributed by atoms with E-state index in [4.69, 9.17) is 0 Å². The van der Waals surface area contributed by atoms with Crippen molar-refractivity contribution in [2.45, 2.75) is 10.9 Å². The first-order valence-corrected chi connectivity index (χ1v) is 10.1. The van der Waals surface area contributed by atoms with Gasteiger partial charge in [-0.1, -0.05) is 48.5 Å². The molecule has 0 bridgehead atoms. The Hall–Kier alpha value is -2.99. The lowest BCUT2D eigenvalue weighted by Crippen LogP contribution is -2.29. The second kappa shape index (κ2) is 7.72. The van der Waals surface area contributed by atoms with Crippen molar-refractivity contribution in [3.05, 3.63) is 101 Å². The van der Waals surface area contributed by atoms with Gasteiger partial charge in [-0.05, 0) is 41.5 Å². The maximum absolute atomic E-state index is 13.3. The van der Waals surface area contributed by atoms with Crippen LogP contribution in [0, 0.1) is 5.82 Å². The van der Waals surface area contributed by atoms with E-state index in [2.05, 4.69) is 5.32 Å². The summed E-state index contributed by atoms with van der Waals surface area (Å²) in [5, 5.41) is 2.91. The predicted octanol–water partition coefficient (Wildman–Crippen LogP) is 3.75. The van der Waals surface area contributed by atoms with Crippen molar-refractivity contribution in [1.29, 1.82) is 0 Å². The molecule has 3 aromatic rings. The minimum absolute atomic E-state index is 0.0770. The summed E-state index contributed by atoms with van der Waals surface area (Å²) >= 11 is 0. The van der Waals surface area contributed by atoms with Crippen LogP contribution in [0.15, 0.2) is 83.8 Å². The molecule has 1 atom stereocenters. The molecule has 0 heterocycles. The molecule has 1 N–H and O–H groups in total. The van der Waals surface area contributed by atoms with Gasteiger partial charge in [0.15, 0.2) is 9.84 Å².